The standard InChI is InChI=1S/C26H18Cl2FNO/c27-18-7-3-5-16(13-18)15-30-23-12-11-17-6-1-2-8-19(17)25(23)20(14-24(30)31)26-21(28)9-4-10-22(26)29/h1-13,20H,14-15H2. The zero-order valence-corrected chi connectivity index (χ0v) is 18.0. The summed E-state index contributed by atoms with van der Waals surface area (Å²) in [6, 6.07) is 24.0. The van der Waals surface area contributed by atoms with Gasteiger partial charge in [0.2, 0.25) is 5.91 Å². The molecule has 0 fully saturated rings. The van der Waals surface area contributed by atoms with E-state index in [1.54, 1.807) is 23.1 Å². The number of benzene rings is 4. The average molecular weight is 450 g/mol. The molecule has 5 heteroatoms. The third-order valence-electron chi connectivity index (χ3n) is 5.84. The van der Waals surface area contributed by atoms with E-state index >= 15 is 0 Å². The molecular weight excluding hydrogens is 432 g/mol. The fraction of sp³-hybridized carbons (Fsp3) is 0.115. The second-order valence-electron chi connectivity index (χ2n) is 7.72. The number of hydrogen-bond donors (Lipinski definition) is 0. The van der Waals surface area contributed by atoms with E-state index in [0.717, 1.165) is 27.6 Å². The zero-order valence-electron chi connectivity index (χ0n) is 16.5. The van der Waals surface area contributed by atoms with Crippen LogP contribution in [0.15, 0.2) is 78.9 Å². The Kier molecular flexibility index (Phi) is 5.17. The molecule has 0 aliphatic carbocycles. The number of nitrogens with zero attached hydrogens (tertiary/aromatic N) is 1. The Morgan fingerprint density at radius 1 is 0.903 bits per heavy atom. The van der Waals surface area contributed by atoms with Gasteiger partial charge in [-0.1, -0.05) is 71.7 Å². The first kappa shape index (κ1) is 20.0. The maximum absolute atomic E-state index is 14.9. The lowest BCUT2D eigenvalue weighted by atomic mass is 9.81. The van der Waals surface area contributed by atoms with Gasteiger partial charge in [0, 0.05) is 33.6 Å². The first-order chi connectivity index (χ1) is 15.0. The van der Waals surface area contributed by atoms with Gasteiger partial charge in [-0.2, -0.15) is 0 Å². The van der Waals surface area contributed by atoms with Crippen LogP contribution in [0.3, 0.4) is 0 Å². The van der Waals surface area contributed by atoms with Gasteiger partial charge in [0.1, 0.15) is 5.82 Å². The number of rotatable bonds is 3. The number of carbonyl (C=O) groups is 1. The SMILES string of the molecule is O=C1CC(c2c(F)cccc2Cl)c2c(ccc3ccccc23)N1Cc1cccc(Cl)c1. The van der Waals surface area contributed by atoms with Crippen molar-refractivity contribution in [2.75, 3.05) is 4.90 Å². The topological polar surface area (TPSA) is 20.3 Å². The Morgan fingerprint density at radius 3 is 2.52 bits per heavy atom. The number of halogens is 3. The molecular formula is C26H18Cl2FNO. The minimum absolute atomic E-state index is 0.0768. The summed E-state index contributed by atoms with van der Waals surface area (Å²) in [5.41, 5.74) is 3.01. The Morgan fingerprint density at radius 2 is 1.71 bits per heavy atom. The van der Waals surface area contributed by atoms with Crippen molar-refractivity contribution in [2.24, 2.45) is 0 Å². The van der Waals surface area contributed by atoms with E-state index in [-0.39, 0.29) is 12.3 Å². The quantitative estimate of drug-likeness (QED) is 0.320. The lowest BCUT2D eigenvalue weighted by Gasteiger charge is -2.36. The normalized spacial score (nSPS) is 15.9. The molecule has 0 aromatic heterocycles. The molecule has 0 spiro atoms. The van der Waals surface area contributed by atoms with E-state index in [9.17, 15) is 9.18 Å². The molecule has 1 heterocycles. The summed E-state index contributed by atoms with van der Waals surface area (Å²) in [6.07, 6.45) is 0.141. The third-order valence-corrected chi connectivity index (χ3v) is 6.41. The minimum Gasteiger partial charge on any atom is -0.308 e. The number of anilines is 1. The molecule has 1 atom stereocenters. The van der Waals surface area contributed by atoms with Crippen molar-refractivity contribution in [1.82, 2.24) is 0 Å². The summed E-state index contributed by atoms with van der Waals surface area (Å²) < 4.78 is 14.9. The Labute approximate surface area is 189 Å². The maximum atomic E-state index is 14.9. The summed E-state index contributed by atoms with van der Waals surface area (Å²) in [7, 11) is 0. The Balaban J connectivity index is 1.72. The molecule has 2 nitrogen and oxygen atoms in total. The van der Waals surface area contributed by atoms with Crippen LogP contribution in [0.5, 0.6) is 0 Å². The highest BCUT2D eigenvalue weighted by atomic mass is 35.5. The summed E-state index contributed by atoms with van der Waals surface area (Å²) in [4.78, 5) is 15.1. The Bertz CT molecular complexity index is 1300. The highest BCUT2D eigenvalue weighted by Gasteiger charge is 2.35. The van der Waals surface area contributed by atoms with E-state index in [1.807, 2.05) is 54.6 Å². The van der Waals surface area contributed by atoms with Crippen LogP contribution >= 0.6 is 23.2 Å². The van der Waals surface area contributed by atoms with Gasteiger partial charge in [0.15, 0.2) is 0 Å². The maximum Gasteiger partial charge on any atom is 0.228 e. The molecule has 1 amide bonds. The van der Waals surface area contributed by atoms with Crippen molar-refractivity contribution in [3.63, 3.8) is 0 Å². The Hall–Kier alpha value is -2.88. The minimum atomic E-state index is -0.460. The molecule has 1 aliphatic rings. The van der Waals surface area contributed by atoms with Crippen LogP contribution in [0.4, 0.5) is 10.1 Å². The molecule has 1 aliphatic heterocycles. The molecule has 4 aromatic carbocycles. The zero-order chi connectivity index (χ0) is 21.5. The molecule has 0 saturated carbocycles. The van der Waals surface area contributed by atoms with Crippen molar-refractivity contribution in [3.8, 4) is 0 Å². The molecule has 1 unspecified atom stereocenters. The van der Waals surface area contributed by atoms with E-state index < -0.39 is 11.7 Å². The molecule has 5 rings (SSSR count). The molecule has 0 bridgehead atoms. The van der Waals surface area contributed by atoms with Crippen LogP contribution < -0.4 is 4.90 Å². The van der Waals surface area contributed by atoms with Crippen LogP contribution in [0.2, 0.25) is 10.0 Å². The van der Waals surface area contributed by atoms with Crippen molar-refractivity contribution in [1.29, 1.82) is 0 Å². The summed E-state index contributed by atoms with van der Waals surface area (Å²) >= 11 is 12.6. The van der Waals surface area contributed by atoms with Gasteiger partial charge in [0.05, 0.1) is 6.54 Å². The van der Waals surface area contributed by atoms with Gasteiger partial charge >= 0.3 is 0 Å². The summed E-state index contributed by atoms with van der Waals surface area (Å²) in [5, 5.41) is 2.99. The predicted octanol–water partition coefficient (Wildman–Crippen LogP) is 7.35. The predicted molar refractivity (Wildman–Crippen MR) is 124 cm³/mol. The second-order valence-corrected chi connectivity index (χ2v) is 8.56. The number of hydrogen-bond acceptors (Lipinski definition) is 1. The number of fused-ring (bicyclic) bond motifs is 3. The van der Waals surface area contributed by atoms with Gasteiger partial charge in [-0.25, -0.2) is 4.39 Å². The van der Waals surface area contributed by atoms with E-state index in [1.165, 1.54) is 6.07 Å². The smallest absolute Gasteiger partial charge is 0.228 e. The summed E-state index contributed by atoms with van der Waals surface area (Å²) in [6.45, 7) is 0.391. The number of amides is 1. The molecule has 154 valence electrons. The van der Waals surface area contributed by atoms with Crippen molar-refractivity contribution >= 4 is 45.6 Å². The molecule has 31 heavy (non-hydrogen) atoms. The monoisotopic (exact) mass is 449 g/mol. The second kappa shape index (κ2) is 7.99. The number of carbonyl (C=O) groups excluding carboxylic acids is 1. The average Bonchev–Trinajstić information content (AvgIpc) is 2.75. The highest BCUT2D eigenvalue weighted by Crippen LogP contribution is 2.46. The third kappa shape index (κ3) is 3.58. The van der Waals surface area contributed by atoms with Crippen LogP contribution in [0.1, 0.15) is 29.0 Å². The van der Waals surface area contributed by atoms with Crippen molar-refractivity contribution in [3.05, 3.63) is 111 Å². The van der Waals surface area contributed by atoms with E-state index in [2.05, 4.69) is 0 Å². The first-order valence-electron chi connectivity index (χ1n) is 10.0. The molecule has 0 N–H and O–H groups in total. The first-order valence-corrected chi connectivity index (χ1v) is 10.8. The van der Waals surface area contributed by atoms with Gasteiger partial charge in [-0.3, -0.25) is 4.79 Å². The van der Waals surface area contributed by atoms with Crippen LogP contribution in [-0.2, 0) is 11.3 Å². The van der Waals surface area contributed by atoms with E-state index in [4.69, 9.17) is 23.2 Å². The molecule has 0 radical (unpaired) electrons. The van der Waals surface area contributed by atoms with Gasteiger partial charge in [-0.15, -0.1) is 0 Å². The van der Waals surface area contributed by atoms with Crippen molar-refractivity contribution in [2.45, 2.75) is 18.9 Å². The van der Waals surface area contributed by atoms with Crippen LogP contribution in [0.25, 0.3) is 10.8 Å². The summed E-state index contributed by atoms with van der Waals surface area (Å²) in [5.74, 6) is -0.933. The van der Waals surface area contributed by atoms with Crippen molar-refractivity contribution < 1.29 is 9.18 Å². The molecule has 4 aromatic rings. The van der Waals surface area contributed by atoms with Gasteiger partial charge < -0.3 is 4.90 Å². The highest BCUT2D eigenvalue weighted by molar-refractivity contribution is 6.31. The largest absolute Gasteiger partial charge is 0.308 e. The fourth-order valence-electron chi connectivity index (χ4n) is 4.49. The van der Waals surface area contributed by atoms with Crippen LogP contribution in [-0.4, -0.2) is 5.91 Å². The van der Waals surface area contributed by atoms with E-state index in [0.29, 0.717) is 22.2 Å². The lowest BCUT2D eigenvalue weighted by molar-refractivity contribution is -0.119. The van der Waals surface area contributed by atoms with Gasteiger partial charge in [-0.05, 0) is 52.2 Å². The van der Waals surface area contributed by atoms with Crippen LogP contribution in [0, 0.1) is 5.82 Å². The fourth-order valence-corrected chi connectivity index (χ4v) is 5.00. The lowest BCUT2D eigenvalue weighted by Crippen LogP contribution is -2.36. The van der Waals surface area contributed by atoms with Gasteiger partial charge in [0.25, 0.3) is 0 Å². The molecule has 0 saturated heterocycles.